The van der Waals surface area contributed by atoms with Gasteiger partial charge in [0.05, 0.1) is 18.8 Å². The number of alkyl halides is 3. The first-order valence-electron chi connectivity index (χ1n) is 8.58. The topological polar surface area (TPSA) is 47.6 Å². The third-order valence-electron chi connectivity index (χ3n) is 3.82. The highest BCUT2D eigenvalue weighted by atomic mass is 31.2. The normalized spacial score (nSPS) is 13.4. The number of nitrogens with one attached hydrogen (secondary N) is 1. The lowest BCUT2D eigenvalue weighted by Gasteiger charge is -2.28. The number of hydrogen-bond donors (Lipinski definition) is 1. The van der Waals surface area contributed by atoms with Gasteiger partial charge >= 0.3 is 13.8 Å². The molecule has 0 saturated carbocycles. The van der Waals surface area contributed by atoms with Crippen LogP contribution in [0.5, 0.6) is 0 Å². The maximum atomic E-state index is 13.4. The molecule has 1 atom stereocenters. The van der Waals surface area contributed by atoms with Crippen LogP contribution in [0, 0.1) is 6.92 Å². The molecule has 0 unspecified atom stereocenters. The zero-order chi connectivity index (χ0) is 20.1. The van der Waals surface area contributed by atoms with Gasteiger partial charge in [0.1, 0.15) is 0 Å². The Balaban J connectivity index is 2.47. The van der Waals surface area contributed by atoms with Crippen LogP contribution in [0.2, 0.25) is 0 Å². The SMILES string of the molecule is CCOP(=O)(OCC)[C@@H](Nc1cccc(C(F)(F)F)c1)c1ccc(C)cc1. The van der Waals surface area contributed by atoms with Crippen LogP contribution in [0.3, 0.4) is 0 Å². The summed E-state index contributed by atoms with van der Waals surface area (Å²) < 4.78 is 63.3. The highest BCUT2D eigenvalue weighted by Crippen LogP contribution is 2.60. The fourth-order valence-corrected chi connectivity index (χ4v) is 4.52. The Kier molecular flexibility index (Phi) is 7.09. The summed E-state index contributed by atoms with van der Waals surface area (Å²) in [5.41, 5.74) is 0.982. The maximum Gasteiger partial charge on any atom is 0.416 e. The van der Waals surface area contributed by atoms with Gasteiger partial charge in [-0.2, -0.15) is 13.2 Å². The number of benzene rings is 2. The van der Waals surface area contributed by atoms with Gasteiger partial charge in [0, 0.05) is 5.69 Å². The summed E-state index contributed by atoms with van der Waals surface area (Å²) in [4.78, 5) is 0. The third-order valence-corrected chi connectivity index (χ3v) is 6.12. The molecule has 0 radical (unpaired) electrons. The summed E-state index contributed by atoms with van der Waals surface area (Å²) >= 11 is 0. The van der Waals surface area contributed by atoms with Gasteiger partial charge in [-0.05, 0) is 44.5 Å². The van der Waals surface area contributed by atoms with E-state index in [0.29, 0.717) is 5.56 Å². The zero-order valence-electron chi connectivity index (χ0n) is 15.4. The van der Waals surface area contributed by atoms with Gasteiger partial charge < -0.3 is 14.4 Å². The second-order valence-corrected chi connectivity index (χ2v) is 8.02. The summed E-state index contributed by atoms with van der Waals surface area (Å²) in [7, 11) is -3.68. The molecule has 0 aromatic heterocycles. The molecule has 0 fully saturated rings. The Hall–Kier alpha value is -1.82. The summed E-state index contributed by atoms with van der Waals surface area (Å²) in [5, 5.41) is 2.92. The largest absolute Gasteiger partial charge is 0.416 e. The van der Waals surface area contributed by atoms with E-state index in [2.05, 4.69) is 5.32 Å². The second-order valence-electron chi connectivity index (χ2n) is 5.91. The van der Waals surface area contributed by atoms with E-state index in [9.17, 15) is 17.7 Å². The first-order chi connectivity index (χ1) is 12.7. The molecule has 0 aliphatic heterocycles. The molecule has 2 aromatic carbocycles. The molecule has 0 heterocycles. The summed E-state index contributed by atoms with van der Waals surface area (Å²) in [6, 6.07) is 11.9. The smallest absolute Gasteiger partial charge is 0.368 e. The molecule has 1 N–H and O–H groups in total. The van der Waals surface area contributed by atoms with Crippen LogP contribution in [0.4, 0.5) is 18.9 Å². The van der Waals surface area contributed by atoms with Crippen molar-refractivity contribution in [3.05, 3.63) is 65.2 Å². The quantitative estimate of drug-likeness (QED) is 0.521. The molecule has 0 saturated heterocycles. The highest BCUT2D eigenvalue weighted by molar-refractivity contribution is 7.54. The predicted molar refractivity (Wildman–Crippen MR) is 99.8 cm³/mol. The lowest BCUT2D eigenvalue weighted by molar-refractivity contribution is -0.137. The van der Waals surface area contributed by atoms with Crippen molar-refractivity contribution in [2.75, 3.05) is 18.5 Å². The van der Waals surface area contributed by atoms with Gasteiger partial charge in [0.15, 0.2) is 5.78 Å². The molecule has 2 rings (SSSR count). The maximum absolute atomic E-state index is 13.4. The number of halogens is 3. The summed E-state index contributed by atoms with van der Waals surface area (Å²) in [5.74, 6) is -0.943. The van der Waals surface area contributed by atoms with Gasteiger partial charge in [-0.3, -0.25) is 4.57 Å². The Morgan fingerprint density at radius 1 is 1.04 bits per heavy atom. The average Bonchev–Trinajstić information content (AvgIpc) is 2.60. The van der Waals surface area contributed by atoms with Crippen molar-refractivity contribution in [1.82, 2.24) is 0 Å². The monoisotopic (exact) mass is 401 g/mol. The predicted octanol–water partition coefficient (Wildman–Crippen LogP) is 6.39. The van der Waals surface area contributed by atoms with Crippen LogP contribution in [0.1, 0.15) is 36.3 Å². The Bertz CT molecular complexity index is 784. The van der Waals surface area contributed by atoms with E-state index in [1.54, 1.807) is 26.0 Å². The van der Waals surface area contributed by atoms with Crippen molar-refractivity contribution in [2.45, 2.75) is 32.7 Å². The molecular weight excluding hydrogens is 378 g/mol. The Morgan fingerprint density at radius 3 is 2.15 bits per heavy atom. The number of hydrogen-bond acceptors (Lipinski definition) is 4. The fourth-order valence-electron chi connectivity index (χ4n) is 2.58. The summed E-state index contributed by atoms with van der Waals surface area (Å²) in [6.07, 6.45) is -4.47. The zero-order valence-corrected chi connectivity index (χ0v) is 16.3. The van der Waals surface area contributed by atoms with E-state index in [-0.39, 0.29) is 18.9 Å². The molecule has 0 aliphatic rings. The average molecular weight is 401 g/mol. The first kappa shape index (κ1) is 21.5. The van der Waals surface area contributed by atoms with Gasteiger partial charge in [0.25, 0.3) is 0 Å². The van der Waals surface area contributed by atoms with Crippen LogP contribution >= 0.6 is 7.60 Å². The van der Waals surface area contributed by atoms with E-state index in [4.69, 9.17) is 9.05 Å². The van der Waals surface area contributed by atoms with E-state index in [0.717, 1.165) is 17.7 Å². The van der Waals surface area contributed by atoms with Crippen LogP contribution < -0.4 is 5.32 Å². The van der Waals surface area contributed by atoms with Gasteiger partial charge in [-0.1, -0.05) is 35.9 Å². The van der Waals surface area contributed by atoms with Crippen LogP contribution in [0.25, 0.3) is 0 Å². The molecule has 4 nitrogen and oxygen atoms in total. The first-order valence-corrected chi connectivity index (χ1v) is 10.2. The minimum Gasteiger partial charge on any atom is -0.368 e. The van der Waals surface area contributed by atoms with E-state index < -0.39 is 25.1 Å². The molecule has 0 amide bonds. The van der Waals surface area contributed by atoms with Crippen molar-refractivity contribution >= 4 is 13.3 Å². The molecule has 8 heteroatoms. The van der Waals surface area contributed by atoms with Crippen molar-refractivity contribution in [3.8, 4) is 0 Å². The Morgan fingerprint density at radius 2 is 1.63 bits per heavy atom. The molecule has 0 spiro atoms. The van der Waals surface area contributed by atoms with Crippen molar-refractivity contribution in [2.24, 2.45) is 0 Å². The second kappa shape index (κ2) is 8.91. The third kappa shape index (κ3) is 5.58. The lowest BCUT2D eigenvalue weighted by atomic mass is 10.1. The molecule has 0 aliphatic carbocycles. The molecule has 148 valence electrons. The molecule has 2 aromatic rings. The van der Waals surface area contributed by atoms with Gasteiger partial charge in [-0.15, -0.1) is 0 Å². The number of rotatable bonds is 8. The van der Waals surface area contributed by atoms with Crippen LogP contribution in [-0.4, -0.2) is 13.2 Å². The fraction of sp³-hybridized carbons (Fsp3) is 0.368. The summed E-state index contributed by atoms with van der Waals surface area (Å²) in [6.45, 7) is 5.56. The van der Waals surface area contributed by atoms with Crippen LogP contribution in [-0.2, 0) is 19.8 Å². The van der Waals surface area contributed by atoms with Gasteiger partial charge in [0.2, 0.25) is 0 Å². The number of aryl methyl sites for hydroxylation is 1. The molecular formula is C19H23F3NO3P. The lowest BCUT2D eigenvalue weighted by Crippen LogP contribution is -2.16. The minimum absolute atomic E-state index is 0.143. The highest BCUT2D eigenvalue weighted by Gasteiger charge is 2.37. The van der Waals surface area contributed by atoms with E-state index in [1.807, 2.05) is 19.1 Å². The van der Waals surface area contributed by atoms with Crippen molar-refractivity contribution in [3.63, 3.8) is 0 Å². The molecule has 0 bridgehead atoms. The molecule has 27 heavy (non-hydrogen) atoms. The van der Waals surface area contributed by atoms with Crippen LogP contribution in [0.15, 0.2) is 48.5 Å². The van der Waals surface area contributed by atoms with Crippen molar-refractivity contribution < 1.29 is 26.8 Å². The van der Waals surface area contributed by atoms with Crippen molar-refractivity contribution in [1.29, 1.82) is 0 Å². The minimum atomic E-state index is -4.47. The van der Waals surface area contributed by atoms with Gasteiger partial charge in [-0.25, -0.2) is 0 Å². The van der Waals surface area contributed by atoms with E-state index in [1.165, 1.54) is 12.1 Å². The Labute approximate surface area is 157 Å². The standard InChI is InChI=1S/C19H23F3NO3P/c1-4-25-27(24,26-5-2)18(15-11-9-14(3)10-12-15)23-17-8-6-7-16(13-17)19(20,21)22/h6-13,18,23H,4-5H2,1-3H3/t18-/m1/s1. The van der Waals surface area contributed by atoms with E-state index >= 15 is 0 Å². The number of anilines is 1.